The van der Waals surface area contributed by atoms with Crippen LogP contribution in [0.15, 0.2) is 30.5 Å². The molecule has 2 N–H and O–H groups in total. The predicted molar refractivity (Wildman–Crippen MR) is 72.6 cm³/mol. The lowest BCUT2D eigenvalue weighted by Crippen LogP contribution is -2.01. The maximum atomic E-state index is 5.56. The van der Waals surface area contributed by atoms with Crippen LogP contribution < -0.4 is 10.5 Å². The van der Waals surface area contributed by atoms with Gasteiger partial charge >= 0.3 is 0 Å². The zero-order valence-corrected chi connectivity index (χ0v) is 10.9. The molecule has 4 heteroatoms. The summed E-state index contributed by atoms with van der Waals surface area (Å²) in [6.07, 6.45) is 3.90. The molecule has 0 bridgehead atoms. The highest BCUT2D eigenvalue weighted by molar-refractivity contribution is 5.66. The summed E-state index contributed by atoms with van der Waals surface area (Å²) < 4.78 is 7.10. The first-order valence-corrected chi connectivity index (χ1v) is 6.11. The summed E-state index contributed by atoms with van der Waals surface area (Å²) in [5, 5.41) is 4.50. The number of rotatable bonds is 5. The molecule has 0 radical (unpaired) electrons. The average Bonchev–Trinajstić information content (AvgIpc) is 2.77. The molecule has 0 atom stereocenters. The minimum absolute atomic E-state index is 0.689. The molecule has 96 valence electrons. The van der Waals surface area contributed by atoms with E-state index in [1.54, 1.807) is 7.11 Å². The van der Waals surface area contributed by atoms with E-state index in [0.29, 0.717) is 6.54 Å². The number of benzene rings is 1. The average molecular weight is 245 g/mol. The van der Waals surface area contributed by atoms with E-state index in [4.69, 9.17) is 10.5 Å². The van der Waals surface area contributed by atoms with Crippen LogP contribution in [-0.4, -0.2) is 23.4 Å². The molecule has 1 aromatic heterocycles. The van der Waals surface area contributed by atoms with Crippen molar-refractivity contribution in [2.75, 3.05) is 13.7 Å². The van der Waals surface area contributed by atoms with Gasteiger partial charge in [0.2, 0.25) is 0 Å². The van der Waals surface area contributed by atoms with Crippen molar-refractivity contribution in [3.63, 3.8) is 0 Å². The van der Waals surface area contributed by atoms with Crippen LogP contribution in [0.5, 0.6) is 5.75 Å². The quantitative estimate of drug-likeness (QED) is 0.876. The first kappa shape index (κ1) is 12.6. The number of hydrogen-bond acceptors (Lipinski definition) is 3. The predicted octanol–water partition coefficient (Wildman–Crippen LogP) is 1.99. The van der Waals surface area contributed by atoms with E-state index >= 15 is 0 Å². The third-order valence-electron chi connectivity index (χ3n) is 2.90. The van der Waals surface area contributed by atoms with Gasteiger partial charge in [-0.05, 0) is 37.1 Å². The number of nitrogens with two attached hydrogens (primary N) is 1. The van der Waals surface area contributed by atoms with Crippen molar-refractivity contribution in [1.82, 2.24) is 9.78 Å². The second-order valence-corrected chi connectivity index (χ2v) is 4.29. The summed E-state index contributed by atoms with van der Waals surface area (Å²) in [5.74, 6) is 0.862. The van der Waals surface area contributed by atoms with E-state index in [0.717, 1.165) is 35.4 Å². The first-order valence-electron chi connectivity index (χ1n) is 6.11. The molecule has 0 saturated heterocycles. The second kappa shape index (κ2) is 5.69. The second-order valence-electron chi connectivity index (χ2n) is 4.29. The van der Waals surface area contributed by atoms with E-state index < -0.39 is 0 Å². The van der Waals surface area contributed by atoms with Crippen LogP contribution in [0.1, 0.15) is 12.1 Å². The monoisotopic (exact) mass is 245 g/mol. The van der Waals surface area contributed by atoms with Gasteiger partial charge in [0.1, 0.15) is 5.75 Å². The number of nitrogens with zero attached hydrogens (tertiary/aromatic N) is 2. The molecular weight excluding hydrogens is 226 g/mol. The molecule has 2 aromatic rings. The molecular formula is C14H19N3O. The zero-order valence-electron chi connectivity index (χ0n) is 10.9. The van der Waals surface area contributed by atoms with Gasteiger partial charge in [0.05, 0.1) is 12.8 Å². The molecule has 1 aromatic carbocycles. The molecule has 0 amide bonds. The van der Waals surface area contributed by atoms with E-state index in [2.05, 4.69) is 11.2 Å². The van der Waals surface area contributed by atoms with Crippen LogP contribution in [0.25, 0.3) is 11.1 Å². The number of methoxy groups -OCH3 is 1. The van der Waals surface area contributed by atoms with Crippen LogP contribution in [0, 0.1) is 0 Å². The smallest absolute Gasteiger partial charge is 0.119 e. The number of hydrogen-bond donors (Lipinski definition) is 1. The van der Waals surface area contributed by atoms with Crippen LogP contribution in [0.2, 0.25) is 0 Å². The van der Waals surface area contributed by atoms with Crippen LogP contribution >= 0.6 is 0 Å². The van der Waals surface area contributed by atoms with E-state index in [1.165, 1.54) is 0 Å². The van der Waals surface area contributed by atoms with Crippen LogP contribution in [0.3, 0.4) is 0 Å². The van der Waals surface area contributed by atoms with Gasteiger partial charge in [-0.1, -0.05) is 12.1 Å². The van der Waals surface area contributed by atoms with Crippen molar-refractivity contribution in [3.8, 4) is 16.9 Å². The highest BCUT2D eigenvalue weighted by Gasteiger charge is 2.10. The van der Waals surface area contributed by atoms with Gasteiger partial charge in [0, 0.05) is 18.8 Å². The Balaban J connectivity index is 2.36. The highest BCUT2D eigenvalue weighted by atomic mass is 16.5. The lowest BCUT2D eigenvalue weighted by atomic mass is 10.0. The molecule has 0 aliphatic heterocycles. The topological polar surface area (TPSA) is 53.1 Å². The number of ether oxygens (including phenoxy) is 1. The van der Waals surface area contributed by atoms with Gasteiger partial charge in [-0.2, -0.15) is 5.10 Å². The third kappa shape index (κ3) is 2.71. The summed E-state index contributed by atoms with van der Waals surface area (Å²) in [5.41, 5.74) is 8.95. The van der Waals surface area contributed by atoms with Gasteiger partial charge in [0.15, 0.2) is 0 Å². The third-order valence-corrected chi connectivity index (χ3v) is 2.90. The molecule has 0 saturated carbocycles. The van der Waals surface area contributed by atoms with Crippen molar-refractivity contribution < 1.29 is 4.74 Å². The van der Waals surface area contributed by atoms with Gasteiger partial charge in [-0.15, -0.1) is 0 Å². The fourth-order valence-corrected chi connectivity index (χ4v) is 2.02. The van der Waals surface area contributed by atoms with E-state index in [-0.39, 0.29) is 0 Å². The summed E-state index contributed by atoms with van der Waals surface area (Å²) >= 11 is 0. The molecule has 0 aliphatic rings. The summed E-state index contributed by atoms with van der Waals surface area (Å²) in [7, 11) is 3.62. The molecule has 4 nitrogen and oxygen atoms in total. The van der Waals surface area contributed by atoms with Crippen molar-refractivity contribution in [3.05, 3.63) is 36.2 Å². The standard InChI is InChI=1S/C14H19N3O/c1-17-10-13(14(16-17)7-4-8-15)11-5-3-6-12(9-11)18-2/h3,5-6,9-10H,4,7-8,15H2,1-2H3. The maximum Gasteiger partial charge on any atom is 0.119 e. The minimum Gasteiger partial charge on any atom is -0.497 e. The molecule has 2 rings (SSSR count). The van der Waals surface area contributed by atoms with Crippen LogP contribution in [-0.2, 0) is 13.5 Å². The minimum atomic E-state index is 0.689. The Morgan fingerprint density at radius 2 is 2.22 bits per heavy atom. The Hall–Kier alpha value is -1.81. The van der Waals surface area contributed by atoms with E-state index in [1.807, 2.05) is 36.1 Å². The molecule has 0 unspecified atom stereocenters. The fraction of sp³-hybridized carbons (Fsp3) is 0.357. The van der Waals surface area contributed by atoms with Crippen LogP contribution in [0.4, 0.5) is 0 Å². The van der Waals surface area contributed by atoms with Gasteiger partial charge in [-0.3, -0.25) is 4.68 Å². The Labute approximate surface area is 107 Å². The Bertz CT molecular complexity index is 520. The molecule has 18 heavy (non-hydrogen) atoms. The molecule has 1 heterocycles. The van der Waals surface area contributed by atoms with Gasteiger partial charge in [0.25, 0.3) is 0 Å². The lowest BCUT2D eigenvalue weighted by molar-refractivity contribution is 0.415. The summed E-state index contributed by atoms with van der Waals surface area (Å²) in [4.78, 5) is 0. The lowest BCUT2D eigenvalue weighted by Gasteiger charge is -2.04. The van der Waals surface area contributed by atoms with Crippen molar-refractivity contribution in [2.24, 2.45) is 12.8 Å². The summed E-state index contributed by atoms with van der Waals surface area (Å²) in [6, 6.07) is 8.04. The van der Waals surface area contributed by atoms with Crippen molar-refractivity contribution >= 4 is 0 Å². The van der Waals surface area contributed by atoms with Crippen molar-refractivity contribution in [2.45, 2.75) is 12.8 Å². The zero-order chi connectivity index (χ0) is 13.0. The number of aryl methyl sites for hydroxylation is 2. The first-order chi connectivity index (χ1) is 8.74. The highest BCUT2D eigenvalue weighted by Crippen LogP contribution is 2.26. The Morgan fingerprint density at radius 1 is 1.39 bits per heavy atom. The Morgan fingerprint density at radius 3 is 2.94 bits per heavy atom. The molecule has 0 aliphatic carbocycles. The summed E-state index contributed by atoms with van der Waals surface area (Å²) in [6.45, 7) is 0.689. The SMILES string of the molecule is COc1cccc(-c2cn(C)nc2CCCN)c1. The van der Waals surface area contributed by atoms with Gasteiger partial charge < -0.3 is 10.5 Å². The molecule has 0 spiro atoms. The maximum absolute atomic E-state index is 5.56. The van der Waals surface area contributed by atoms with E-state index in [9.17, 15) is 0 Å². The molecule has 0 fully saturated rings. The normalized spacial score (nSPS) is 10.6. The van der Waals surface area contributed by atoms with Crippen molar-refractivity contribution in [1.29, 1.82) is 0 Å². The Kier molecular flexibility index (Phi) is 3.99. The number of aromatic nitrogens is 2. The van der Waals surface area contributed by atoms with Gasteiger partial charge in [-0.25, -0.2) is 0 Å². The fourth-order valence-electron chi connectivity index (χ4n) is 2.02. The largest absolute Gasteiger partial charge is 0.497 e.